The van der Waals surface area contributed by atoms with Crippen LogP contribution in [0.3, 0.4) is 0 Å². The molecule has 30 heavy (non-hydrogen) atoms. The van der Waals surface area contributed by atoms with Gasteiger partial charge in [0.1, 0.15) is 0 Å². The van der Waals surface area contributed by atoms with Crippen LogP contribution in [0.25, 0.3) is 28.0 Å². The summed E-state index contributed by atoms with van der Waals surface area (Å²) in [5.74, 6) is -0.739. The van der Waals surface area contributed by atoms with Crippen molar-refractivity contribution in [2.75, 3.05) is 6.61 Å². The van der Waals surface area contributed by atoms with Crippen molar-refractivity contribution in [3.63, 3.8) is 0 Å². The minimum absolute atomic E-state index is 0.132. The third-order valence-electron chi connectivity index (χ3n) is 4.79. The highest BCUT2D eigenvalue weighted by Gasteiger charge is 2.25. The molecule has 0 aliphatic carbocycles. The van der Waals surface area contributed by atoms with E-state index in [1.54, 1.807) is 31.2 Å². The molecule has 4 rings (SSSR count). The maximum absolute atomic E-state index is 13.3. The first-order valence-electron chi connectivity index (χ1n) is 9.43. The number of aryl methyl sites for hydroxylation is 1. The van der Waals surface area contributed by atoms with Gasteiger partial charge >= 0.3 is 5.97 Å². The molecule has 7 nitrogen and oxygen atoms in total. The molecule has 1 N–H and O–H groups in total. The summed E-state index contributed by atoms with van der Waals surface area (Å²) in [4.78, 5) is 30.7. The minimum Gasteiger partial charge on any atom is -0.462 e. The van der Waals surface area contributed by atoms with E-state index in [0.29, 0.717) is 16.8 Å². The Kier molecular flexibility index (Phi) is 4.90. The number of esters is 1. The number of carbonyl (C=O) groups is 1. The normalized spacial score (nSPS) is 10.7. The molecule has 7 heteroatoms. The van der Waals surface area contributed by atoms with E-state index in [-0.39, 0.29) is 17.9 Å². The third kappa shape index (κ3) is 3.14. The van der Waals surface area contributed by atoms with Gasteiger partial charge < -0.3 is 4.74 Å². The van der Waals surface area contributed by atoms with Gasteiger partial charge in [-0.05, 0) is 31.5 Å². The lowest BCUT2D eigenvalue weighted by atomic mass is 10.0. The first-order valence-corrected chi connectivity index (χ1v) is 9.43. The molecule has 0 saturated heterocycles. The molecule has 2 aromatic heterocycles. The van der Waals surface area contributed by atoms with Gasteiger partial charge in [0.15, 0.2) is 11.2 Å². The van der Waals surface area contributed by atoms with Crippen LogP contribution >= 0.6 is 0 Å². The molecule has 0 spiro atoms. The van der Waals surface area contributed by atoms with Gasteiger partial charge in [-0.15, -0.1) is 0 Å². The number of H-pyrrole nitrogens is 1. The third-order valence-corrected chi connectivity index (χ3v) is 4.79. The van der Waals surface area contributed by atoms with Gasteiger partial charge in [0, 0.05) is 16.8 Å². The highest BCUT2D eigenvalue weighted by Crippen LogP contribution is 2.29. The van der Waals surface area contributed by atoms with Gasteiger partial charge in [-0.2, -0.15) is 5.26 Å². The molecular weight excluding hydrogens is 380 g/mol. The van der Waals surface area contributed by atoms with Crippen molar-refractivity contribution in [3.05, 3.63) is 81.8 Å². The van der Waals surface area contributed by atoms with E-state index in [0.717, 1.165) is 16.8 Å². The van der Waals surface area contributed by atoms with E-state index in [9.17, 15) is 9.59 Å². The van der Waals surface area contributed by atoms with Gasteiger partial charge in [-0.1, -0.05) is 42.5 Å². The van der Waals surface area contributed by atoms with Crippen LogP contribution in [0.5, 0.6) is 0 Å². The predicted octanol–water partition coefficient (Wildman–Crippen LogP) is 3.71. The van der Waals surface area contributed by atoms with Crippen molar-refractivity contribution in [2.24, 2.45) is 0 Å². The van der Waals surface area contributed by atoms with E-state index in [1.807, 2.05) is 37.3 Å². The maximum atomic E-state index is 13.3. The molecule has 0 unspecified atom stereocenters. The van der Waals surface area contributed by atoms with Crippen LogP contribution in [0.2, 0.25) is 0 Å². The molecule has 0 saturated carbocycles. The molecule has 2 aromatic carbocycles. The molecule has 148 valence electrons. The maximum Gasteiger partial charge on any atom is 0.346 e. The summed E-state index contributed by atoms with van der Waals surface area (Å²) in [6.45, 7) is 3.66. The summed E-state index contributed by atoms with van der Waals surface area (Å²) in [6.07, 6.45) is 0. The summed E-state index contributed by atoms with van der Waals surface area (Å²) in [7, 11) is 0. The van der Waals surface area contributed by atoms with Crippen molar-refractivity contribution < 1.29 is 9.53 Å². The summed E-state index contributed by atoms with van der Waals surface area (Å²) in [5, 5.41) is 12.1. The van der Waals surface area contributed by atoms with Crippen LogP contribution < -0.4 is 5.56 Å². The molecule has 0 aliphatic heterocycles. The number of benzene rings is 2. The quantitative estimate of drug-likeness (QED) is 0.528. The van der Waals surface area contributed by atoms with E-state index >= 15 is 0 Å². The van der Waals surface area contributed by atoms with Crippen molar-refractivity contribution in [3.8, 4) is 28.5 Å². The fourth-order valence-electron chi connectivity index (χ4n) is 3.43. The van der Waals surface area contributed by atoms with Gasteiger partial charge in [0.25, 0.3) is 5.56 Å². The topological polar surface area (TPSA) is 100 Å². The number of hydrogen-bond donors (Lipinski definition) is 1. The van der Waals surface area contributed by atoms with Crippen LogP contribution in [-0.2, 0) is 4.74 Å². The predicted molar refractivity (Wildman–Crippen MR) is 112 cm³/mol. The lowest BCUT2D eigenvalue weighted by Gasteiger charge is -2.09. The monoisotopic (exact) mass is 398 g/mol. The van der Waals surface area contributed by atoms with Gasteiger partial charge in [-0.3, -0.25) is 9.89 Å². The average molecular weight is 398 g/mol. The Morgan fingerprint density at radius 1 is 1.13 bits per heavy atom. The lowest BCUT2D eigenvalue weighted by molar-refractivity contribution is 0.0524. The van der Waals surface area contributed by atoms with Crippen molar-refractivity contribution in [1.29, 1.82) is 5.26 Å². The average Bonchev–Trinajstić information content (AvgIpc) is 3.10. The molecule has 0 aliphatic rings. The Hall–Kier alpha value is -4.18. The number of nitriles is 1. The number of rotatable bonds is 4. The zero-order valence-electron chi connectivity index (χ0n) is 16.5. The number of fused-ring (bicyclic) bond motifs is 1. The standard InChI is InChI=1S/C23H18N4O3/c1-3-30-23(29)19-20(17-11-9-15(13-24)10-12-17)25-21-18(16-7-5-4-6-8-16)14(2)26-27(21)22(19)28/h4-12,26H,3H2,1-2H3. The summed E-state index contributed by atoms with van der Waals surface area (Å²) < 4.78 is 6.40. The van der Waals surface area contributed by atoms with Gasteiger partial charge in [0.2, 0.25) is 0 Å². The zero-order chi connectivity index (χ0) is 21.3. The fourth-order valence-corrected chi connectivity index (χ4v) is 3.43. The van der Waals surface area contributed by atoms with Gasteiger partial charge in [0.05, 0.1) is 23.9 Å². The second-order valence-corrected chi connectivity index (χ2v) is 6.69. The van der Waals surface area contributed by atoms with Crippen LogP contribution in [0.4, 0.5) is 0 Å². The number of carbonyl (C=O) groups excluding carboxylic acids is 1. The molecule has 0 amide bonds. The molecule has 0 fully saturated rings. The van der Waals surface area contributed by atoms with Crippen LogP contribution in [0.15, 0.2) is 59.4 Å². The Balaban J connectivity index is 2.07. The molecule has 4 aromatic rings. The zero-order valence-corrected chi connectivity index (χ0v) is 16.5. The molecule has 0 radical (unpaired) electrons. The van der Waals surface area contributed by atoms with E-state index in [4.69, 9.17) is 15.0 Å². The van der Waals surface area contributed by atoms with Crippen LogP contribution in [0, 0.1) is 18.3 Å². The summed E-state index contributed by atoms with van der Waals surface area (Å²) in [6, 6.07) is 18.2. The molecule has 2 heterocycles. The van der Waals surface area contributed by atoms with Crippen molar-refractivity contribution >= 4 is 11.6 Å². The van der Waals surface area contributed by atoms with E-state index in [1.165, 1.54) is 4.52 Å². The molecular formula is C23H18N4O3. The minimum atomic E-state index is -0.739. The first kappa shape index (κ1) is 19.2. The molecule has 0 atom stereocenters. The van der Waals surface area contributed by atoms with E-state index in [2.05, 4.69) is 11.2 Å². The Morgan fingerprint density at radius 3 is 2.47 bits per heavy atom. The van der Waals surface area contributed by atoms with Gasteiger partial charge in [-0.25, -0.2) is 14.3 Å². The summed E-state index contributed by atoms with van der Waals surface area (Å²) in [5.41, 5.74) is 3.38. The van der Waals surface area contributed by atoms with Crippen LogP contribution in [-0.4, -0.2) is 27.2 Å². The van der Waals surface area contributed by atoms with Crippen molar-refractivity contribution in [1.82, 2.24) is 14.6 Å². The Bertz CT molecular complexity index is 1340. The number of hydrogen-bond acceptors (Lipinski definition) is 5. The highest BCUT2D eigenvalue weighted by molar-refractivity contribution is 5.97. The lowest BCUT2D eigenvalue weighted by Crippen LogP contribution is -2.26. The molecule has 0 bridgehead atoms. The number of nitrogens with one attached hydrogen (secondary N) is 1. The second kappa shape index (κ2) is 7.68. The first-order chi connectivity index (χ1) is 14.5. The number of aromatic amines is 1. The SMILES string of the molecule is CCOC(=O)c1c(-c2ccc(C#N)cc2)nc2c(-c3ccccc3)c(C)[nH]n2c1=O. The number of aromatic nitrogens is 3. The van der Waals surface area contributed by atoms with E-state index < -0.39 is 11.5 Å². The summed E-state index contributed by atoms with van der Waals surface area (Å²) >= 11 is 0. The smallest absolute Gasteiger partial charge is 0.346 e. The van der Waals surface area contributed by atoms with Crippen LogP contribution in [0.1, 0.15) is 28.5 Å². The fraction of sp³-hybridized carbons (Fsp3) is 0.130. The van der Waals surface area contributed by atoms with Crippen molar-refractivity contribution in [2.45, 2.75) is 13.8 Å². The largest absolute Gasteiger partial charge is 0.462 e. The Morgan fingerprint density at radius 2 is 1.83 bits per heavy atom. The second-order valence-electron chi connectivity index (χ2n) is 6.69. The number of ether oxygens (including phenoxy) is 1. The Labute approximate surface area is 172 Å². The number of nitrogens with zero attached hydrogens (tertiary/aromatic N) is 3. The highest BCUT2D eigenvalue weighted by atomic mass is 16.5.